The number of benzene rings is 3. The molecule has 3 heterocycles. The molecular weight excluding hydrogens is 719 g/mol. The lowest BCUT2D eigenvalue weighted by molar-refractivity contribution is -0.116. The molecule has 1 aliphatic heterocycles. The highest BCUT2D eigenvalue weighted by Crippen LogP contribution is 2.27. The number of amides is 5. The number of carbonyl (C=O) groups excluding carboxylic acids is 4. The molecule has 5 amide bonds. The zero-order valence-electron chi connectivity index (χ0n) is 32.6. The minimum atomic E-state index is -0.199. The number of hydrogen-bond acceptors (Lipinski definition) is 8. The number of aryl methyl sites for hydroxylation is 1. The van der Waals surface area contributed by atoms with Crippen LogP contribution in [0.25, 0.3) is 11.1 Å². The molecule has 0 spiro atoms. The van der Waals surface area contributed by atoms with Gasteiger partial charge in [-0.2, -0.15) is 0 Å². The molecular formula is C44H47N9O4. The van der Waals surface area contributed by atoms with Gasteiger partial charge in [0, 0.05) is 81.5 Å². The van der Waals surface area contributed by atoms with Crippen molar-refractivity contribution in [3.05, 3.63) is 138 Å². The van der Waals surface area contributed by atoms with E-state index in [4.69, 9.17) is 0 Å². The van der Waals surface area contributed by atoms with Crippen molar-refractivity contribution in [1.29, 1.82) is 0 Å². The molecule has 292 valence electrons. The van der Waals surface area contributed by atoms with Gasteiger partial charge < -0.3 is 30.7 Å². The van der Waals surface area contributed by atoms with Gasteiger partial charge in [0.1, 0.15) is 5.82 Å². The van der Waals surface area contributed by atoms with Crippen LogP contribution in [0.3, 0.4) is 0 Å². The molecule has 3 N–H and O–H groups in total. The first-order valence-corrected chi connectivity index (χ1v) is 18.7. The Kier molecular flexibility index (Phi) is 13.0. The number of anilines is 5. The third-order valence-corrected chi connectivity index (χ3v) is 9.22. The Hall–Kier alpha value is -6.86. The lowest BCUT2D eigenvalue weighted by Gasteiger charge is -2.19. The van der Waals surface area contributed by atoms with Crippen LogP contribution in [0.4, 0.5) is 33.4 Å². The van der Waals surface area contributed by atoms with Crippen molar-refractivity contribution in [1.82, 2.24) is 24.7 Å². The Bertz CT molecular complexity index is 2220. The van der Waals surface area contributed by atoms with Crippen LogP contribution < -0.4 is 20.9 Å². The maximum Gasteiger partial charge on any atom is 0.324 e. The molecule has 13 nitrogen and oxygen atoms in total. The van der Waals surface area contributed by atoms with Gasteiger partial charge in [-0.05, 0) is 91.8 Å². The summed E-state index contributed by atoms with van der Waals surface area (Å²) in [7, 11) is 7.32. The number of carbonyl (C=O) groups is 4. The number of aromatic nitrogens is 2. The predicted octanol–water partition coefficient (Wildman–Crippen LogP) is 6.66. The summed E-state index contributed by atoms with van der Waals surface area (Å²) in [6.45, 7) is 2.18. The predicted molar refractivity (Wildman–Crippen MR) is 225 cm³/mol. The SMILES string of the molecule is CN(C)CC=CC(=O)Nc1cccc(CCC(=O)Nc2ccc(CN3CCN(c4cncc(Nc5ccc(-c6ccc(C(=O)N(C)C)cc6)cn5)c4)C3=O)cc2)c1. The first-order valence-electron chi connectivity index (χ1n) is 18.7. The summed E-state index contributed by atoms with van der Waals surface area (Å²) in [4.78, 5) is 66.6. The summed E-state index contributed by atoms with van der Waals surface area (Å²) in [6, 6.07) is 28.0. The highest BCUT2D eigenvalue weighted by Gasteiger charge is 2.30. The molecule has 5 aromatic rings. The summed E-state index contributed by atoms with van der Waals surface area (Å²) >= 11 is 0. The number of nitrogens with zero attached hydrogens (tertiary/aromatic N) is 6. The van der Waals surface area contributed by atoms with Crippen LogP contribution in [0.15, 0.2) is 122 Å². The van der Waals surface area contributed by atoms with E-state index in [1.165, 1.54) is 6.08 Å². The average molecular weight is 766 g/mol. The second-order valence-electron chi connectivity index (χ2n) is 14.2. The van der Waals surface area contributed by atoms with E-state index < -0.39 is 0 Å². The molecule has 57 heavy (non-hydrogen) atoms. The van der Waals surface area contributed by atoms with Gasteiger partial charge in [0.25, 0.3) is 5.91 Å². The molecule has 2 aromatic heterocycles. The van der Waals surface area contributed by atoms with Crippen LogP contribution in [0.2, 0.25) is 0 Å². The summed E-state index contributed by atoms with van der Waals surface area (Å²) in [5.74, 6) is 0.264. The minimum absolute atomic E-state index is 0.0474. The zero-order valence-corrected chi connectivity index (χ0v) is 32.6. The molecule has 1 aliphatic rings. The van der Waals surface area contributed by atoms with Gasteiger partial charge in [-0.3, -0.25) is 24.3 Å². The first kappa shape index (κ1) is 39.8. The smallest absolute Gasteiger partial charge is 0.324 e. The first-order chi connectivity index (χ1) is 27.5. The Morgan fingerprint density at radius 2 is 1.54 bits per heavy atom. The van der Waals surface area contributed by atoms with Crippen molar-refractivity contribution in [3.63, 3.8) is 0 Å². The van der Waals surface area contributed by atoms with Crippen LogP contribution in [-0.2, 0) is 22.6 Å². The molecule has 0 atom stereocenters. The number of rotatable bonds is 15. The van der Waals surface area contributed by atoms with Crippen molar-refractivity contribution >= 4 is 52.3 Å². The summed E-state index contributed by atoms with van der Waals surface area (Å²) in [5.41, 5.74) is 7.12. The van der Waals surface area contributed by atoms with Gasteiger partial charge in [-0.25, -0.2) is 9.78 Å². The molecule has 0 unspecified atom stereocenters. The molecule has 0 bridgehead atoms. The largest absolute Gasteiger partial charge is 0.345 e. The van der Waals surface area contributed by atoms with E-state index in [2.05, 4.69) is 25.9 Å². The quantitative estimate of drug-likeness (QED) is 0.101. The van der Waals surface area contributed by atoms with Crippen LogP contribution in [0.1, 0.15) is 27.9 Å². The Balaban J connectivity index is 0.965. The van der Waals surface area contributed by atoms with Crippen molar-refractivity contribution in [3.8, 4) is 11.1 Å². The molecule has 0 saturated carbocycles. The lowest BCUT2D eigenvalue weighted by atomic mass is 10.1. The zero-order chi connectivity index (χ0) is 40.3. The number of likely N-dealkylation sites (N-methyl/N-ethyl adjacent to an activating group) is 1. The van der Waals surface area contributed by atoms with E-state index in [9.17, 15) is 19.2 Å². The topological polar surface area (TPSA) is 143 Å². The monoisotopic (exact) mass is 765 g/mol. The van der Waals surface area contributed by atoms with Crippen molar-refractivity contribution in [2.45, 2.75) is 19.4 Å². The molecule has 0 radical (unpaired) electrons. The molecule has 1 saturated heterocycles. The summed E-state index contributed by atoms with van der Waals surface area (Å²) in [5, 5.41) is 9.09. The number of nitrogens with one attached hydrogen (secondary N) is 3. The normalized spacial score (nSPS) is 12.6. The minimum Gasteiger partial charge on any atom is -0.345 e. The molecule has 13 heteroatoms. The van der Waals surface area contributed by atoms with Crippen LogP contribution >= 0.6 is 0 Å². The fraction of sp³-hybridized carbons (Fsp3) is 0.227. The van der Waals surface area contributed by atoms with Gasteiger partial charge in [0.15, 0.2) is 0 Å². The second-order valence-corrected chi connectivity index (χ2v) is 14.2. The van der Waals surface area contributed by atoms with Crippen molar-refractivity contribution in [2.75, 3.05) is 68.7 Å². The molecule has 3 aromatic carbocycles. The van der Waals surface area contributed by atoms with Gasteiger partial charge in [0.05, 0.1) is 23.8 Å². The third kappa shape index (κ3) is 11.1. The maximum atomic E-state index is 13.5. The second kappa shape index (κ2) is 18.7. The number of hydrogen-bond donors (Lipinski definition) is 3. The lowest BCUT2D eigenvalue weighted by Crippen LogP contribution is -2.31. The van der Waals surface area contributed by atoms with E-state index in [-0.39, 0.29) is 30.2 Å². The Labute approximate surface area is 333 Å². The molecule has 6 rings (SSSR count). The third-order valence-electron chi connectivity index (χ3n) is 9.22. The number of pyridine rings is 2. The van der Waals surface area contributed by atoms with Gasteiger partial charge in [0.2, 0.25) is 11.8 Å². The van der Waals surface area contributed by atoms with Gasteiger partial charge in [-0.15, -0.1) is 0 Å². The number of urea groups is 1. The van der Waals surface area contributed by atoms with Gasteiger partial charge in [-0.1, -0.05) is 42.5 Å². The standard InChI is InChI=1S/C44H47N9O4/c1-50(2)22-6-9-41(54)49-37-8-5-7-31(25-37)12-21-42(55)48-36-18-10-32(11-19-36)30-52-23-24-53(44(52)57)39-26-38(28-45-29-39)47-40-20-17-35(27-46-40)33-13-15-34(16-14-33)43(56)51(3)4/h5-11,13-20,25-29H,12,21-24,30H2,1-4H3,(H,46,47)(H,48,55)(H,49,54). The Morgan fingerprint density at radius 3 is 2.26 bits per heavy atom. The molecule has 1 fully saturated rings. The van der Waals surface area contributed by atoms with Crippen LogP contribution in [0.5, 0.6) is 0 Å². The summed E-state index contributed by atoms with van der Waals surface area (Å²) < 4.78 is 0. The maximum absolute atomic E-state index is 13.5. The average Bonchev–Trinajstić information content (AvgIpc) is 3.57. The van der Waals surface area contributed by atoms with Crippen LogP contribution in [0, 0.1) is 0 Å². The summed E-state index contributed by atoms with van der Waals surface area (Å²) in [6.07, 6.45) is 9.25. The highest BCUT2D eigenvalue weighted by molar-refractivity contribution is 5.99. The van der Waals surface area contributed by atoms with Crippen LogP contribution in [-0.4, -0.2) is 96.2 Å². The van der Waals surface area contributed by atoms with Gasteiger partial charge >= 0.3 is 6.03 Å². The molecule has 0 aliphatic carbocycles. The van der Waals surface area contributed by atoms with E-state index in [0.29, 0.717) is 66.7 Å². The van der Waals surface area contributed by atoms with Crippen molar-refractivity contribution in [2.24, 2.45) is 0 Å². The van der Waals surface area contributed by atoms with E-state index in [1.54, 1.807) is 53.5 Å². The van der Waals surface area contributed by atoms with E-state index in [1.807, 2.05) is 110 Å². The van der Waals surface area contributed by atoms with E-state index >= 15 is 0 Å². The Morgan fingerprint density at radius 1 is 0.772 bits per heavy atom. The van der Waals surface area contributed by atoms with Crippen molar-refractivity contribution < 1.29 is 19.2 Å². The highest BCUT2D eigenvalue weighted by atomic mass is 16.2. The fourth-order valence-corrected chi connectivity index (χ4v) is 6.22. The fourth-order valence-electron chi connectivity index (χ4n) is 6.22. The van der Waals surface area contributed by atoms with E-state index in [0.717, 1.165) is 22.3 Å².